The van der Waals surface area contributed by atoms with E-state index in [9.17, 15) is 0 Å². The van der Waals surface area contributed by atoms with Gasteiger partial charge in [0.1, 0.15) is 0 Å². The summed E-state index contributed by atoms with van der Waals surface area (Å²) < 4.78 is 12.1. The standard InChI is InChI=1S/C9H17N3O2/c1-12-5-3-10-9(12)11-4-6-14-8-7-13-2/h3,5H,4,6-8H2,1-2H3,(H,10,11). The fourth-order valence-electron chi connectivity index (χ4n) is 1.02. The van der Waals surface area contributed by atoms with Crippen LogP contribution in [0.25, 0.3) is 0 Å². The van der Waals surface area contributed by atoms with Crippen LogP contribution >= 0.6 is 0 Å². The first-order chi connectivity index (χ1) is 6.84. The van der Waals surface area contributed by atoms with E-state index in [2.05, 4.69) is 10.3 Å². The van der Waals surface area contributed by atoms with Gasteiger partial charge in [-0.1, -0.05) is 0 Å². The number of nitrogens with one attached hydrogen (secondary N) is 1. The molecule has 0 radical (unpaired) electrons. The van der Waals surface area contributed by atoms with Crippen molar-refractivity contribution in [3.8, 4) is 0 Å². The summed E-state index contributed by atoms with van der Waals surface area (Å²) in [5.74, 6) is 0.861. The van der Waals surface area contributed by atoms with Crippen LogP contribution in [0.2, 0.25) is 0 Å². The molecule has 0 spiro atoms. The second-order valence-corrected chi connectivity index (χ2v) is 2.89. The van der Waals surface area contributed by atoms with Crippen LogP contribution in [-0.4, -0.2) is 43.0 Å². The Balaban J connectivity index is 2.02. The molecule has 1 rings (SSSR count). The van der Waals surface area contributed by atoms with Crippen molar-refractivity contribution in [2.75, 3.05) is 38.8 Å². The lowest BCUT2D eigenvalue weighted by Gasteiger charge is -2.06. The minimum Gasteiger partial charge on any atom is -0.382 e. The lowest BCUT2D eigenvalue weighted by atomic mass is 10.6. The van der Waals surface area contributed by atoms with Crippen LogP contribution in [0, 0.1) is 0 Å². The molecule has 0 unspecified atom stereocenters. The van der Waals surface area contributed by atoms with Crippen molar-refractivity contribution in [2.45, 2.75) is 0 Å². The van der Waals surface area contributed by atoms with E-state index in [1.165, 1.54) is 0 Å². The molecular formula is C9H17N3O2. The second kappa shape index (κ2) is 6.39. The lowest BCUT2D eigenvalue weighted by molar-refractivity contribution is 0.0758. The van der Waals surface area contributed by atoms with E-state index in [0.717, 1.165) is 12.5 Å². The molecule has 14 heavy (non-hydrogen) atoms. The van der Waals surface area contributed by atoms with Crippen molar-refractivity contribution in [1.82, 2.24) is 9.55 Å². The third-order valence-electron chi connectivity index (χ3n) is 1.78. The molecule has 0 aliphatic carbocycles. The summed E-state index contributed by atoms with van der Waals surface area (Å²) in [4.78, 5) is 4.12. The molecule has 1 heterocycles. The zero-order valence-electron chi connectivity index (χ0n) is 8.69. The average Bonchev–Trinajstić information content (AvgIpc) is 2.58. The Labute approximate surface area is 84.0 Å². The lowest BCUT2D eigenvalue weighted by Crippen LogP contribution is -2.13. The van der Waals surface area contributed by atoms with E-state index in [1.807, 2.05) is 17.8 Å². The van der Waals surface area contributed by atoms with Gasteiger partial charge < -0.3 is 19.4 Å². The van der Waals surface area contributed by atoms with Crippen LogP contribution in [0.1, 0.15) is 0 Å². The molecule has 1 aromatic rings. The van der Waals surface area contributed by atoms with Crippen molar-refractivity contribution < 1.29 is 9.47 Å². The summed E-state index contributed by atoms with van der Waals surface area (Å²) >= 11 is 0. The number of rotatable bonds is 7. The molecule has 0 fully saturated rings. The fourth-order valence-corrected chi connectivity index (χ4v) is 1.02. The molecule has 1 N–H and O–H groups in total. The number of methoxy groups -OCH3 is 1. The molecule has 0 saturated heterocycles. The van der Waals surface area contributed by atoms with E-state index in [0.29, 0.717) is 19.8 Å². The highest BCUT2D eigenvalue weighted by Gasteiger charge is 1.95. The van der Waals surface area contributed by atoms with Crippen LogP contribution in [0.4, 0.5) is 5.95 Å². The zero-order chi connectivity index (χ0) is 10.2. The van der Waals surface area contributed by atoms with Gasteiger partial charge in [0.25, 0.3) is 0 Å². The summed E-state index contributed by atoms with van der Waals surface area (Å²) in [7, 11) is 3.61. The molecule has 0 atom stereocenters. The van der Waals surface area contributed by atoms with Crippen molar-refractivity contribution in [1.29, 1.82) is 0 Å². The van der Waals surface area contributed by atoms with Gasteiger partial charge in [-0.05, 0) is 0 Å². The molecule has 0 aromatic carbocycles. The Hall–Kier alpha value is -1.07. The van der Waals surface area contributed by atoms with Crippen LogP contribution in [0.3, 0.4) is 0 Å². The van der Waals surface area contributed by atoms with Gasteiger partial charge in [-0.3, -0.25) is 0 Å². The van der Waals surface area contributed by atoms with E-state index in [-0.39, 0.29) is 0 Å². The molecule has 0 aliphatic heterocycles. The van der Waals surface area contributed by atoms with Crippen molar-refractivity contribution in [3.05, 3.63) is 12.4 Å². The van der Waals surface area contributed by atoms with Gasteiger partial charge in [-0.15, -0.1) is 0 Å². The van der Waals surface area contributed by atoms with E-state index < -0.39 is 0 Å². The van der Waals surface area contributed by atoms with E-state index in [1.54, 1.807) is 13.3 Å². The van der Waals surface area contributed by atoms with Crippen LogP contribution in [-0.2, 0) is 16.5 Å². The second-order valence-electron chi connectivity index (χ2n) is 2.89. The third-order valence-corrected chi connectivity index (χ3v) is 1.78. The van der Waals surface area contributed by atoms with Crippen LogP contribution in [0.15, 0.2) is 12.4 Å². The monoisotopic (exact) mass is 199 g/mol. The van der Waals surface area contributed by atoms with Crippen molar-refractivity contribution in [2.24, 2.45) is 7.05 Å². The molecule has 5 nitrogen and oxygen atoms in total. The Bertz CT molecular complexity index is 250. The Kier molecular flexibility index (Phi) is 5.03. The minimum absolute atomic E-state index is 0.638. The normalized spacial score (nSPS) is 10.4. The number of aromatic nitrogens is 2. The van der Waals surface area contributed by atoms with E-state index >= 15 is 0 Å². The summed E-state index contributed by atoms with van der Waals surface area (Å²) in [6.45, 7) is 2.70. The van der Waals surface area contributed by atoms with Gasteiger partial charge >= 0.3 is 0 Å². The fraction of sp³-hybridized carbons (Fsp3) is 0.667. The summed E-state index contributed by atoms with van der Waals surface area (Å²) in [5.41, 5.74) is 0. The first-order valence-electron chi connectivity index (χ1n) is 4.62. The number of hydrogen-bond acceptors (Lipinski definition) is 4. The minimum atomic E-state index is 0.638. The molecular weight excluding hydrogens is 182 g/mol. The Morgan fingerprint density at radius 3 is 2.93 bits per heavy atom. The highest BCUT2D eigenvalue weighted by molar-refractivity contribution is 5.24. The van der Waals surface area contributed by atoms with Gasteiger partial charge in [0.05, 0.1) is 19.8 Å². The maximum Gasteiger partial charge on any atom is 0.202 e. The molecule has 1 aromatic heterocycles. The van der Waals surface area contributed by atoms with Gasteiger partial charge in [0.15, 0.2) is 0 Å². The maximum atomic E-state index is 5.29. The predicted octanol–water partition coefficient (Wildman–Crippen LogP) is 0.495. The predicted molar refractivity (Wildman–Crippen MR) is 54.4 cm³/mol. The summed E-state index contributed by atoms with van der Waals surface area (Å²) in [6, 6.07) is 0. The van der Waals surface area contributed by atoms with Crippen molar-refractivity contribution in [3.63, 3.8) is 0 Å². The first-order valence-corrected chi connectivity index (χ1v) is 4.62. The number of anilines is 1. The smallest absolute Gasteiger partial charge is 0.202 e. The average molecular weight is 199 g/mol. The number of imidazole rings is 1. The van der Waals surface area contributed by atoms with E-state index in [4.69, 9.17) is 9.47 Å². The van der Waals surface area contributed by atoms with Crippen LogP contribution in [0.5, 0.6) is 0 Å². The quantitative estimate of drug-likeness (QED) is 0.649. The molecule has 0 amide bonds. The third kappa shape index (κ3) is 3.76. The Morgan fingerprint density at radius 2 is 2.29 bits per heavy atom. The number of nitrogens with zero attached hydrogens (tertiary/aromatic N) is 2. The van der Waals surface area contributed by atoms with Gasteiger partial charge in [0.2, 0.25) is 5.95 Å². The van der Waals surface area contributed by atoms with Gasteiger partial charge in [0, 0.05) is 33.1 Å². The number of hydrogen-bond donors (Lipinski definition) is 1. The zero-order valence-corrected chi connectivity index (χ0v) is 8.69. The molecule has 0 aliphatic rings. The molecule has 80 valence electrons. The largest absolute Gasteiger partial charge is 0.382 e. The van der Waals surface area contributed by atoms with Gasteiger partial charge in [-0.25, -0.2) is 4.98 Å². The summed E-state index contributed by atoms with van der Waals surface area (Å²) in [6.07, 6.45) is 3.65. The molecule has 5 heteroatoms. The van der Waals surface area contributed by atoms with Crippen molar-refractivity contribution >= 4 is 5.95 Å². The van der Waals surface area contributed by atoms with Crippen LogP contribution < -0.4 is 5.32 Å². The highest BCUT2D eigenvalue weighted by atomic mass is 16.5. The highest BCUT2D eigenvalue weighted by Crippen LogP contribution is 1.98. The first kappa shape index (κ1) is 11.0. The molecule has 0 saturated carbocycles. The molecule has 0 bridgehead atoms. The number of aryl methyl sites for hydroxylation is 1. The maximum absolute atomic E-state index is 5.29. The Morgan fingerprint density at radius 1 is 1.43 bits per heavy atom. The topological polar surface area (TPSA) is 48.3 Å². The summed E-state index contributed by atoms with van der Waals surface area (Å²) in [5, 5.41) is 3.16. The SMILES string of the molecule is COCCOCCNc1nccn1C. The van der Waals surface area contributed by atoms with Gasteiger partial charge in [-0.2, -0.15) is 0 Å². The number of ether oxygens (including phenoxy) is 2.